The summed E-state index contributed by atoms with van der Waals surface area (Å²) in [5, 5.41) is 0. The molecule has 0 unspecified atom stereocenters. The van der Waals surface area contributed by atoms with Crippen LogP contribution in [-0.2, 0) is 0 Å². The standard InChI is InChI=1S/C14H10FIO/c1-9-5-4-7-11(13(9)16)14(17)10-6-2-3-8-12(10)15/h2-8H,1H3. The van der Waals surface area contributed by atoms with Gasteiger partial charge in [0.2, 0.25) is 0 Å². The van der Waals surface area contributed by atoms with Crippen molar-refractivity contribution in [3.05, 3.63) is 68.5 Å². The van der Waals surface area contributed by atoms with Crippen LogP contribution >= 0.6 is 22.6 Å². The van der Waals surface area contributed by atoms with Crippen LogP contribution in [-0.4, -0.2) is 5.78 Å². The Kier molecular flexibility index (Phi) is 3.57. The predicted molar refractivity (Wildman–Crippen MR) is 73.7 cm³/mol. The Morgan fingerprint density at radius 1 is 1.06 bits per heavy atom. The molecule has 0 heterocycles. The predicted octanol–water partition coefficient (Wildman–Crippen LogP) is 3.97. The van der Waals surface area contributed by atoms with Crippen LogP contribution in [0.3, 0.4) is 0 Å². The van der Waals surface area contributed by atoms with Crippen LogP contribution in [0.4, 0.5) is 4.39 Å². The number of halogens is 2. The van der Waals surface area contributed by atoms with Crippen molar-refractivity contribution in [1.82, 2.24) is 0 Å². The minimum absolute atomic E-state index is 0.121. The fraction of sp³-hybridized carbons (Fsp3) is 0.0714. The van der Waals surface area contributed by atoms with Gasteiger partial charge in [0.05, 0.1) is 5.56 Å². The number of aryl methyl sites for hydroxylation is 1. The molecule has 0 bridgehead atoms. The second-order valence-corrected chi connectivity index (χ2v) is 4.82. The Labute approximate surface area is 113 Å². The zero-order chi connectivity index (χ0) is 12.4. The maximum Gasteiger partial charge on any atom is 0.197 e. The molecule has 1 nitrogen and oxygen atoms in total. The summed E-state index contributed by atoms with van der Waals surface area (Å²) in [6.45, 7) is 1.93. The summed E-state index contributed by atoms with van der Waals surface area (Å²) in [7, 11) is 0. The van der Waals surface area contributed by atoms with Gasteiger partial charge in [-0.1, -0.05) is 24.3 Å². The SMILES string of the molecule is Cc1cccc(C(=O)c2ccccc2F)c1I. The molecule has 0 saturated carbocycles. The van der Waals surface area contributed by atoms with Gasteiger partial charge in [-0.2, -0.15) is 0 Å². The van der Waals surface area contributed by atoms with Crippen molar-refractivity contribution >= 4 is 28.4 Å². The highest BCUT2D eigenvalue weighted by Crippen LogP contribution is 2.21. The maximum absolute atomic E-state index is 13.5. The van der Waals surface area contributed by atoms with E-state index < -0.39 is 5.82 Å². The topological polar surface area (TPSA) is 17.1 Å². The molecule has 0 amide bonds. The van der Waals surface area contributed by atoms with Crippen LogP contribution in [0.15, 0.2) is 42.5 Å². The summed E-state index contributed by atoms with van der Waals surface area (Å²) in [4.78, 5) is 12.2. The number of hydrogen-bond donors (Lipinski definition) is 0. The van der Waals surface area contributed by atoms with E-state index >= 15 is 0 Å². The van der Waals surface area contributed by atoms with Gasteiger partial charge in [-0.05, 0) is 53.3 Å². The second-order valence-electron chi connectivity index (χ2n) is 3.75. The molecule has 0 aliphatic rings. The first-order valence-electron chi connectivity index (χ1n) is 5.15. The van der Waals surface area contributed by atoms with Crippen molar-refractivity contribution in [1.29, 1.82) is 0 Å². The lowest BCUT2D eigenvalue weighted by Crippen LogP contribution is -2.06. The van der Waals surface area contributed by atoms with Crippen LogP contribution in [0, 0.1) is 16.3 Å². The minimum atomic E-state index is -0.477. The third-order valence-corrected chi connectivity index (χ3v) is 3.99. The molecule has 17 heavy (non-hydrogen) atoms. The number of rotatable bonds is 2. The van der Waals surface area contributed by atoms with Gasteiger partial charge in [0.1, 0.15) is 5.82 Å². The lowest BCUT2D eigenvalue weighted by Gasteiger charge is -2.06. The van der Waals surface area contributed by atoms with Crippen molar-refractivity contribution in [2.24, 2.45) is 0 Å². The molecule has 0 N–H and O–H groups in total. The molecule has 86 valence electrons. The minimum Gasteiger partial charge on any atom is -0.288 e. The molecule has 0 aliphatic heterocycles. The van der Waals surface area contributed by atoms with Crippen LogP contribution in [0.1, 0.15) is 21.5 Å². The van der Waals surface area contributed by atoms with Crippen molar-refractivity contribution in [3.63, 3.8) is 0 Å². The number of carbonyl (C=O) groups excluding carboxylic acids is 1. The third-order valence-electron chi connectivity index (χ3n) is 2.55. The molecule has 2 rings (SSSR count). The van der Waals surface area contributed by atoms with Crippen LogP contribution in [0.2, 0.25) is 0 Å². The smallest absolute Gasteiger partial charge is 0.197 e. The van der Waals surface area contributed by atoms with E-state index in [-0.39, 0.29) is 11.3 Å². The van der Waals surface area contributed by atoms with Gasteiger partial charge < -0.3 is 0 Å². The number of benzene rings is 2. The van der Waals surface area contributed by atoms with Crippen molar-refractivity contribution in [2.45, 2.75) is 6.92 Å². The van der Waals surface area contributed by atoms with Crippen LogP contribution in [0.5, 0.6) is 0 Å². The van der Waals surface area contributed by atoms with Gasteiger partial charge in [0.15, 0.2) is 5.78 Å². The number of ketones is 1. The van der Waals surface area contributed by atoms with Gasteiger partial charge in [0.25, 0.3) is 0 Å². The summed E-state index contributed by atoms with van der Waals surface area (Å²) in [5.41, 5.74) is 1.69. The Bertz CT molecular complexity index is 578. The largest absolute Gasteiger partial charge is 0.288 e. The van der Waals surface area contributed by atoms with Crippen LogP contribution < -0.4 is 0 Å². The lowest BCUT2D eigenvalue weighted by molar-refractivity contribution is 0.103. The molecule has 0 spiro atoms. The third kappa shape index (κ3) is 2.39. The molecular formula is C14H10FIO. The Morgan fingerprint density at radius 3 is 2.41 bits per heavy atom. The van der Waals surface area contributed by atoms with E-state index in [4.69, 9.17) is 0 Å². The summed E-state index contributed by atoms with van der Waals surface area (Å²) >= 11 is 2.12. The average molecular weight is 340 g/mol. The van der Waals surface area contributed by atoms with Crippen molar-refractivity contribution < 1.29 is 9.18 Å². The molecule has 0 saturated heterocycles. The molecule has 2 aromatic rings. The van der Waals surface area contributed by atoms with E-state index in [0.29, 0.717) is 5.56 Å². The molecule has 0 aromatic heterocycles. The number of hydrogen-bond acceptors (Lipinski definition) is 1. The monoisotopic (exact) mass is 340 g/mol. The molecule has 0 atom stereocenters. The van der Waals surface area contributed by atoms with Crippen molar-refractivity contribution in [3.8, 4) is 0 Å². The second kappa shape index (κ2) is 4.96. The quantitative estimate of drug-likeness (QED) is 0.597. The Morgan fingerprint density at radius 2 is 1.71 bits per heavy atom. The van der Waals surface area contributed by atoms with E-state index in [1.54, 1.807) is 18.2 Å². The fourth-order valence-corrected chi connectivity index (χ4v) is 2.22. The van der Waals surface area contributed by atoms with Gasteiger partial charge in [0, 0.05) is 9.13 Å². The maximum atomic E-state index is 13.5. The van der Waals surface area contributed by atoms with E-state index in [1.165, 1.54) is 12.1 Å². The summed E-state index contributed by atoms with van der Waals surface area (Å²) in [5.74, 6) is -0.744. The zero-order valence-electron chi connectivity index (χ0n) is 9.21. The molecule has 3 heteroatoms. The van der Waals surface area contributed by atoms with E-state index in [0.717, 1.165) is 9.13 Å². The van der Waals surface area contributed by atoms with Gasteiger partial charge >= 0.3 is 0 Å². The normalized spacial score (nSPS) is 10.3. The first-order valence-corrected chi connectivity index (χ1v) is 6.23. The summed E-state index contributed by atoms with van der Waals surface area (Å²) < 4.78 is 14.4. The molecule has 2 aromatic carbocycles. The molecule has 0 radical (unpaired) electrons. The molecular weight excluding hydrogens is 330 g/mol. The molecule has 0 aliphatic carbocycles. The van der Waals surface area contributed by atoms with E-state index in [2.05, 4.69) is 22.6 Å². The highest BCUT2D eigenvalue weighted by Gasteiger charge is 2.16. The van der Waals surface area contributed by atoms with E-state index in [1.807, 2.05) is 19.1 Å². The summed E-state index contributed by atoms with van der Waals surface area (Å²) in [6.07, 6.45) is 0. The average Bonchev–Trinajstić information content (AvgIpc) is 2.32. The van der Waals surface area contributed by atoms with Gasteiger partial charge in [-0.25, -0.2) is 4.39 Å². The first kappa shape index (κ1) is 12.2. The van der Waals surface area contributed by atoms with E-state index in [9.17, 15) is 9.18 Å². The Hall–Kier alpha value is -1.23. The van der Waals surface area contributed by atoms with Crippen LogP contribution in [0.25, 0.3) is 0 Å². The van der Waals surface area contributed by atoms with Gasteiger partial charge in [-0.3, -0.25) is 4.79 Å². The highest BCUT2D eigenvalue weighted by atomic mass is 127. The highest BCUT2D eigenvalue weighted by molar-refractivity contribution is 14.1. The fourth-order valence-electron chi connectivity index (χ4n) is 1.61. The lowest BCUT2D eigenvalue weighted by atomic mass is 10.0. The first-order chi connectivity index (χ1) is 8.11. The van der Waals surface area contributed by atoms with Crippen molar-refractivity contribution in [2.75, 3.05) is 0 Å². The zero-order valence-corrected chi connectivity index (χ0v) is 11.4. The Balaban J connectivity index is 2.52. The van der Waals surface area contributed by atoms with Gasteiger partial charge in [-0.15, -0.1) is 0 Å². The molecule has 0 fully saturated rings. The summed E-state index contributed by atoms with van der Waals surface area (Å²) in [6, 6.07) is 11.5. The number of carbonyl (C=O) groups is 1.